The molecule has 1 fully saturated rings. The van der Waals surface area contributed by atoms with E-state index < -0.39 is 0 Å². The first-order valence-corrected chi connectivity index (χ1v) is 8.13. The number of hydrogen-bond donors (Lipinski definition) is 1. The predicted molar refractivity (Wildman–Crippen MR) is 82.6 cm³/mol. The van der Waals surface area contributed by atoms with Crippen LogP contribution >= 0.6 is 0 Å². The Morgan fingerprint density at radius 2 is 1.95 bits per heavy atom. The molecule has 0 heterocycles. The van der Waals surface area contributed by atoms with Gasteiger partial charge in [0.25, 0.3) is 0 Å². The average Bonchev–Trinajstić information content (AvgIpc) is 2.88. The molecule has 1 saturated carbocycles. The first-order valence-electron chi connectivity index (χ1n) is 8.13. The average molecular weight is 270 g/mol. The van der Waals surface area contributed by atoms with Gasteiger partial charge in [0.2, 0.25) is 0 Å². The molecular weight excluding hydrogens is 236 g/mol. The number of rotatable bonds is 10. The highest BCUT2D eigenvalue weighted by Gasteiger charge is 2.24. The second kappa shape index (κ2) is 9.73. The summed E-state index contributed by atoms with van der Waals surface area (Å²) < 4.78 is 5.36. The van der Waals surface area contributed by atoms with E-state index in [1.54, 1.807) is 7.11 Å². The minimum Gasteiger partial charge on any atom is -0.383 e. The molecule has 1 N–H and O–H groups in total. The van der Waals surface area contributed by atoms with Crippen molar-refractivity contribution < 1.29 is 4.74 Å². The smallest absolute Gasteiger partial charge is 0.0628 e. The van der Waals surface area contributed by atoms with E-state index in [0.717, 1.165) is 31.7 Å². The van der Waals surface area contributed by atoms with Crippen molar-refractivity contribution in [1.29, 1.82) is 0 Å². The maximum atomic E-state index is 5.36. The molecule has 0 spiro atoms. The Morgan fingerprint density at radius 3 is 2.47 bits per heavy atom. The summed E-state index contributed by atoms with van der Waals surface area (Å²) in [6.45, 7) is 11.0. The van der Waals surface area contributed by atoms with Gasteiger partial charge in [0.05, 0.1) is 6.61 Å². The highest BCUT2D eigenvalue weighted by Crippen LogP contribution is 2.24. The molecule has 0 aromatic carbocycles. The van der Waals surface area contributed by atoms with Crippen molar-refractivity contribution in [3.8, 4) is 0 Å². The number of methoxy groups -OCH3 is 1. The third-order valence-electron chi connectivity index (χ3n) is 4.15. The number of ether oxygens (including phenoxy) is 1. The zero-order valence-electron chi connectivity index (χ0n) is 13.5. The Bertz CT molecular complexity index is 209. The van der Waals surface area contributed by atoms with Crippen molar-refractivity contribution >= 4 is 0 Å². The van der Waals surface area contributed by atoms with Crippen LogP contribution in [0, 0.1) is 5.92 Å². The normalized spacial score (nSPS) is 18.6. The first-order chi connectivity index (χ1) is 9.17. The summed E-state index contributed by atoms with van der Waals surface area (Å²) in [5.41, 5.74) is 0. The molecule has 3 heteroatoms. The van der Waals surface area contributed by atoms with Gasteiger partial charge in [0.1, 0.15) is 0 Å². The molecule has 1 rings (SSSR count). The van der Waals surface area contributed by atoms with Gasteiger partial charge < -0.3 is 10.1 Å². The summed E-state index contributed by atoms with van der Waals surface area (Å²) >= 11 is 0. The van der Waals surface area contributed by atoms with E-state index in [9.17, 15) is 0 Å². The van der Waals surface area contributed by atoms with E-state index >= 15 is 0 Å². The molecule has 0 saturated heterocycles. The van der Waals surface area contributed by atoms with Gasteiger partial charge in [-0.25, -0.2) is 0 Å². The number of likely N-dealkylation sites (N-methyl/N-ethyl adjacent to an activating group) is 1. The van der Waals surface area contributed by atoms with Crippen LogP contribution in [0.1, 0.15) is 52.9 Å². The van der Waals surface area contributed by atoms with Gasteiger partial charge >= 0.3 is 0 Å². The molecule has 0 radical (unpaired) electrons. The second-order valence-corrected chi connectivity index (χ2v) is 6.33. The Morgan fingerprint density at radius 1 is 1.26 bits per heavy atom. The maximum absolute atomic E-state index is 5.36. The monoisotopic (exact) mass is 270 g/mol. The van der Waals surface area contributed by atoms with Crippen LogP contribution in [0.4, 0.5) is 0 Å². The largest absolute Gasteiger partial charge is 0.383 e. The SMILES string of the molecule is CCNC(COC)CN(CCC(C)C)C1CCCC1. The van der Waals surface area contributed by atoms with Crippen LogP contribution < -0.4 is 5.32 Å². The van der Waals surface area contributed by atoms with Crippen LogP contribution in [0.15, 0.2) is 0 Å². The first kappa shape index (κ1) is 16.9. The fourth-order valence-electron chi connectivity index (χ4n) is 3.07. The summed E-state index contributed by atoms with van der Waals surface area (Å²) in [4.78, 5) is 2.72. The molecule has 1 unspecified atom stereocenters. The molecule has 1 atom stereocenters. The van der Waals surface area contributed by atoms with Gasteiger partial charge in [-0.1, -0.05) is 33.6 Å². The van der Waals surface area contributed by atoms with Gasteiger partial charge in [-0.15, -0.1) is 0 Å². The zero-order valence-corrected chi connectivity index (χ0v) is 13.5. The lowest BCUT2D eigenvalue weighted by Gasteiger charge is -2.33. The Kier molecular flexibility index (Phi) is 8.67. The van der Waals surface area contributed by atoms with Crippen molar-refractivity contribution in [2.45, 2.75) is 65.0 Å². The quantitative estimate of drug-likeness (QED) is 0.660. The van der Waals surface area contributed by atoms with Gasteiger partial charge in [0.15, 0.2) is 0 Å². The van der Waals surface area contributed by atoms with Crippen LogP contribution in [-0.2, 0) is 4.74 Å². The summed E-state index contributed by atoms with van der Waals surface area (Å²) in [7, 11) is 1.80. The number of nitrogens with zero attached hydrogens (tertiary/aromatic N) is 1. The van der Waals surface area contributed by atoms with Crippen molar-refractivity contribution in [3.63, 3.8) is 0 Å². The second-order valence-electron chi connectivity index (χ2n) is 6.33. The van der Waals surface area contributed by atoms with Crippen LogP contribution in [0.2, 0.25) is 0 Å². The van der Waals surface area contributed by atoms with Crippen molar-refractivity contribution in [1.82, 2.24) is 10.2 Å². The molecule has 0 amide bonds. The van der Waals surface area contributed by atoms with Crippen LogP contribution in [0.5, 0.6) is 0 Å². The molecule has 114 valence electrons. The van der Waals surface area contributed by atoms with Crippen molar-refractivity contribution in [3.05, 3.63) is 0 Å². The molecule has 0 aromatic rings. The fourth-order valence-corrected chi connectivity index (χ4v) is 3.07. The van der Waals surface area contributed by atoms with Gasteiger partial charge in [-0.05, 0) is 38.3 Å². The Balaban J connectivity index is 2.49. The molecule has 1 aliphatic carbocycles. The van der Waals surface area contributed by atoms with E-state index in [1.807, 2.05) is 0 Å². The predicted octanol–water partition coefficient (Wildman–Crippen LogP) is 2.90. The lowest BCUT2D eigenvalue weighted by Crippen LogP contribution is -2.47. The molecule has 19 heavy (non-hydrogen) atoms. The van der Waals surface area contributed by atoms with E-state index in [0.29, 0.717) is 6.04 Å². The lowest BCUT2D eigenvalue weighted by molar-refractivity contribution is 0.116. The molecule has 0 aromatic heterocycles. The fraction of sp³-hybridized carbons (Fsp3) is 1.00. The van der Waals surface area contributed by atoms with Gasteiger partial charge in [-0.3, -0.25) is 4.90 Å². The van der Waals surface area contributed by atoms with E-state index in [4.69, 9.17) is 4.74 Å². The van der Waals surface area contributed by atoms with Gasteiger partial charge in [0, 0.05) is 25.7 Å². The molecule has 0 aliphatic heterocycles. The van der Waals surface area contributed by atoms with Crippen molar-refractivity contribution in [2.24, 2.45) is 5.92 Å². The molecule has 3 nitrogen and oxygen atoms in total. The number of nitrogens with one attached hydrogen (secondary N) is 1. The minimum atomic E-state index is 0.475. The minimum absolute atomic E-state index is 0.475. The van der Waals surface area contributed by atoms with Crippen molar-refractivity contribution in [2.75, 3.05) is 33.4 Å². The summed E-state index contributed by atoms with van der Waals surface area (Å²) in [6, 6.07) is 1.29. The third kappa shape index (κ3) is 6.73. The Hall–Kier alpha value is -0.120. The van der Waals surface area contributed by atoms with Crippen LogP contribution in [-0.4, -0.2) is 50.3 Å². The van der Waals surface area contributed by atoms with E-state index in [2.05, 4.69) is 31.0 Å². The molecular formula is C16H34N2O. The summed E-state index contributed by atoms with van der Waals surface area (Å²) in [5.74, 6) is 0.795. The summed E-state index contributed by atoms with van der Waals surface area (Å²) in [5, 5.41) is 3.56. The lowest BCUT2D eigenvalue weighted by atomic mass is 10.1. The Labute approximate surface area is 120 Å². The van der Waals surface area contributed by atoms with Crippen LogP contribution in [0.3, 0.4) is 0 Å². The third-order valence-corrected chi connectivity index (χ3v) is 4.15. The highest BCUT2D eigenvalue weighted by atomic mass is 16.5. The molecule has 0 bridgehead atoms. The van der Waals surface area contributed by atoms with Crippen LogP contribution in [0.25, 0.3) is 0 Å². The number of hydrogen-bond acceptors (Lipinski definition) is 3. The topological polar surface area (TPSA) is 24.5 Å². The molecule has 1 aliphatic rings. The van der Waals surface area contributed by atoms with Gasteiger partial charge in [-0.2, -0.15) is 0 Å². The summed E-state index contributed by atoms with van der Waals surface area (Å²) in [6.07, 6.45) is 6.92. The van der Waals surface area contributed by atoms with E-state index in [-0.39, 0.29) is 0 Å². The highest BCUT2D eigenvalue weighted by molar-refractivity contribution is 4.81. The van der Waals surface area contributed by atoms with E-state index in [1.165, 1.54) is 38.6 Å². The maximum Gasteiger partial charge on any atom is 0.0628 e. The standard InChI is InChI=1S/C16H34N2O/c1-5-17-15(13-19-4)12-18(11-10-14(2)3)16-8-6-7-9-16/h14-17H,5-13H2,1-4H3. The zero-order chi connectivity index (χ0) is 14.1.